The minimum absolute atomic E-state index is 1.19. The first-order valence-corrected chi connectivity index (χ1v) is 18.8. The highest BCUT2D eigenvalue weighted by molar-refractivity contribution is 6.37. The van der Waals surface area contributed by atoms with E-state index in [4.69, 9.17) is 0 Å². The molecule has 2 nitrogen and oxygen atoms in total. The van der Waals surface area contributed by atoms with E-state index in [0.29, 0.717) is 0 Å². The summed E-state index contributed by atoms with van der Waals surface area (Å²) >= 11 is 0. The van der Waals surface area contributed by atoms with Crippen molar-refractivity contribution >= 4 is 103 Å². The van der Waals surface area contributed by atoms with Crippen LogP contribution in [0.3, 0.4) is 0 Å². The lowest BCUT2D eigenvalue weighted by atomic mass is 9.95. The smallest absolute Gasteiger partial charge is 0.0626 e. The quantitative estimate of drug-likeness (QED) is 0.161. The Balaban J connectivity index is 1.28. The molecular formula is C52H30N2. The molecular weight excluding hydrogens is 653 g/mol. The van der Waals surface area contributed by atoms with E-state index in [2.05, 4.69) is 191 Å². The summed E-state index contributed by atoms with van der Waals surface area (Å²) in [6.07, 6.45) is 0. The predicted molar refractivity (Wildman–Crippen MR) is 231 cm³/mol. The largest absolute Gasteiger partial charge is 0.308 e. The number of para-hydroxylation sites is 1. The summed E-state index contributed by atoms with van der Waals surface area (Å²) < 4.78 is 5.14. The van der Waals surface area contributed by atoms with Crippen LogP contribution in [-0.2, 0) is 0 Å². The van der Waals surface area contributed by atoms with Crippen LogP contribution in [0, 0.1) is 0 Å². The second-order valence-corrected chi connectivity index (χ2v) is 14.8. The Morgan fingerprint density at radius 2 is 0.852 bits per heavy atom. The van der Waals surface area contributed by atoms with Gasteiger partial charge in [-0.25, -0.2) is 0 Å². The van der Waals surface area contributed by atoms with Crippen LogP contribution in [-0.4, -0.2) is 8.97 Å². The molecule has 3 aromatic heterocycles. The summed E-state index contributed by atoms with van der Waals surface area (Å²) in [6, 6.07) is 67.8. The molecule has 10 aromatic carbocycles. The maximum absolute atomic E-state index is 2.60. The van der Waals surface area contributed by atoms with Gasteiger partial charge >= 0.3 is 0 Å². The number of rotatable bonds is 2. The third-order valence-electron chi connectivity index (χ3n) is 12.2. The number of hydrogen-bond acceptors (Lipinski definition) is 0. The van der Waals surface area contributed by atoms with E-state index in [1.165, 1.54) is 120 Å². The van der Waals surface area contributed by atoms with Crippen molar-refractivity contribution in [2.45, 2.75) is 0 Å². The van der Waals surface area contributed by atoms with Crippen molar-refractivity contribution in [1.29, 1.82) is 0 Å². The second kappa shape index (κ2) is 10.2. The van der Waals surface area contributed by atoms with Gasteiger partial charge in [-0.3, -0.25) is 0 Å². The van der Waals surface area contributed by atoms with Crippen molar-refractivity contribution in [3.63, 3.8) is 0 Å². The van der Waals surface area contributed by atoms with Crippen molar-refractivity contribution in [3.8, 4) is 16.8 Å². The molecule has 248 valence electrons. The predicted octanol–water partition coefficient (Wildman–Crippen LogP) is 14.2. The first-order valence-electron chi connectivity index (χ1n) is 18.8. The van der Waals surface area contributed by atoms with Gasteiger partial charge in [0.05, 0.1) is 33.3 Å². The molecule has 0 saturated carbocycles. The molecule has 13 rings (SSSR count). The van der Waals surface area contributed by atoms with Gasteiger partial charge in [0.2, 0.25) is 0 Å². The number of nitrogens with zero attached hydrogens (tertiary/aromatic N) is 2. The molecule has 0 bridgehead atoms. The highest BCUT2D eigenvalue weighted by Gasteiger charge is 2.25. The normalized spacial score (nSPS) is 12.4. The summed E-state index contributed by atoms with van der Waals surface area (Å²) in [6.45, 7) is 0. The maximum atomic E-state index is 2.60. The Kier molecular flexibility index (Phi) is 5.39. The van der Waals surface area contributed by atoms with Crippen LogP contribution in [0.2, 0.25) is 0 Å². The van der Waals surface area contributed by atoms with Crippen LogP contribution in [0.25, 0.3) is 120 Å². The van der Waals surface area contributed by atoms with Crippen molar-refractivity contribution < 1.29 is 0 Å². The fraction of sp³-hybridized carbons (Fsp3) is 0. The first kappa shape index (κ1) is 28.4. The lowest BCUT2D eigenvalue weighted by molar-refractivity contribution is 1.19. The van der Waals surface area contributed by atoms with Gasteiger partial charge < -0.3 is 8.97 Å². The lowest BCUT2D eigenvalue weighted by Gasteiger charge is -2.17. The zero-order valence-electron chi connectivity index (χ0n) is 29.2. The van der Waals surface area contributed by atoms with Crippen LogP contribution in [0.5, 0.6) is 0 Å². The average Bonchev–Trinajstić information content (AvgIpc) is 3.73. The van der Waals surface area contributed by atoms with Crippen molar-refractivity contribution in [1.82, 2.24) is 8.97 Å². The molecule has 0 spiro atoms. The minimum Gasteiger partial charge on any atom is -0.308 e. The fourth-order valence-electron chi connectivity index (χ4n) is 10.0. The SMILES string of the molecule is c1ccc(-c2cc3c(ccc4ccccc43)cc2-n2c3cccc4c5cccc6c7c8ccccc8c8ccccc8c7n(c7cccc2c7c43)c56)cc1. The van der Waals surface area contributed by atoms with E-state index >= 15 is 0 Å². The maximum Gasteiger partial charge on any atom is 0.0626 e. The van der Waals surface area contributed by atoms with Gasteiger partial charge in [-0.2, -0.15) is 0 Å². The van der Waals surface area contributed by atoms with E-state index in [-0.39, 0.29) is 0 Å². The summed E-state index contributed by atoms with van der Waals surface area (Å²) in [5, 5.41) is 18.0. The molecule has 0 unspecified atom stereocenters. The van der Waals surface area contributed by atoms with Gasteiger partial charge in [0.15, 0.2) is 0 Å². The molecule has 3 heterocycles. The number of benzene rings is 10. The summed E-state index contributed by atoms with van der Waals surface area (Å²) in [4.78, 5) is 0. The fourth-order valence-corrected chi connectivity index (χ4v) is 10.0. The van der Waals surface area contributed by atoms with E-state index < -0.39 is 0 Å². The number of hydrogen-bond donors (Lipinski definition) is 0. The standard InChI is InChI=1S/C52H30N2/c1-2-13-31(14-3-1)43-30-42-33(28-27-32-15-4-5-16-34(32)42)29-47(43)53-44-24-11-21-38-40-22-10-23-41-48-37-19-8-6-17-35(37)36-18-7-9-20-39(36)52(48)54(51(40)41)46-26-12-25-45(53)50(46)49(38)44/h1-30H. The molecule has 0 aliphatic carbocycles. The van der Waals surface area contributed by atoms with Crippen LogP contribution in [0.1, 0.15) is 0 Å². The van der Waals surface area contributed by atoms with Crippen LogP contribution in [0.15, 0.2) is 182 Å². The molecule has 0 N–H and O–H groups in total. The number of fused-ring (bicyclic) bond motifs is 13. The van der Waals surface area contributed by atoms with E-state index in [1.807, 2.05) is 0 Å². The molecule has 0 amide bonds. The lowest BCUT2D eigenvalue weighted by Crippen LogP contribution is -1.98. The van der Waals surface area contributed by atoms with Crippen molar-refractivity contribution in [2.75, 3.05) is 0 Å². The summed E-state index contributed by atoms with van der Waals surface area (Å²) in [7, 11) is 0. The molecule has 2 heteroatoms. The molecule has 13 aromatic rings. The number of aromatic nitrogens is 2. The van der Waals surface area contributed by atoms with E-state index in [1.54, 1.807) is 0 Å². The molecule has 0 radical (unpaired) electrons. The van der Waals surface area contributed by atoms with Crippen LogP contribution >= 0.6 is 0 Å². The topological polar surface area (TPSA) is 9.34 Å². The first-order chi connectivity index (χ1) is 26.8. The summed E-state index contributed by atoms with van der Waals surface area (Å²) in [5.74, 6) is 0. The molecule has 0 atom stereocenters. The Morgan fingerprint density at radius 3 is 1.70 bits per heavy atom. The Morgan fingerprint density at radius 1 is 0.296 bits per heavy atom. The average molecular weight is 683 g/mol. The highest BCUT2D eigenvalue weighted by atomic mass is 15.0. The monoisotopic (exact) mass is 682 g/mol. The Hall–Kier alpha value is -7.16. The van der Waals surface area contributed by atoms with E-state index in [0.717, 1.165) is 0 Å². The van der Waals surface area contributed by atoms with Gasteiger partial charge in [0.1, 0.15) is 0 Å². The Labute approximate surface area is 309 Å². The molecule has 0 aliphatic heterocycles. The van der Waals surface area contributed by atoms with Gasteiger partial charge in [-0.1, -0.05) is 152 Å². The van der Waals surface area contributed by atoms with Crippen molar-refractivity contribution in [2.24, 2.45) is 0 Å². The third-order valence-corrected chi connectivity index (χ3v) is 12.2. The third kappa shape index (κ3) is 3.50. The molecule has 0 fully saturated rings. The van der Waals surface area contributed by atoms with Gasteiger partial charge in [-0.05, 0) is 79.0 Å². The zero-order valence-corrected chi connectivity index (χ0v) is 29.2. The van der Waals surface area contributed by atoms with Gasteiger partial charge in [0.25, 0.3) is 0 Å². The second-order valence-electron chi connectivity index (χ2n) is 14.8. The summed E-state index contributed by atoms with van der Waals surface area (Å²) in [5.41, 5.74) is 9.81. The van der Waals surface area contributed by atoms with Gasteiger partial charge in [0, 0.05) is 37.9 Å². The van der Waals surface area contributed by atoms with Crippen molar-refractivity contribution in [3.05, 3.63) is 182 Å². The van der Waals surface area contributed by atoms with Gasteiger partial charge in [-0.15, -0.1) is 0 Å². The van der Waals surface area contributed by atoms with Crippen LogP contribution in [0.4, 0.5) is 0 Å². The zero-order chi connectivity index (χ0) is 35.1. The molecule has 54 heavy (non-hydrogen) atoms. The molecule has 0 saturated heterocycles. The van der Waals surface area contributed by atoms with E-state index in [9.17, 15) is 0 Å². The minimum atomic E-state index is 1.19. The van der Waals surface area contributed by atoms with Crippen LogP contribution < -0.4 is 0 Å². The highest BCUT2D eigenvalue weighted by Crippen LogP contribution is 2.48. The molecule has 0 aliphatic rings. The Bertz CT molecular complexity index is 3710.